The van der Waals surface area contributed by atoms with Gasteiger partial charge in [0.2, 0.25) is 11.8 Å². The fourth-order valence-electron chi connectivity index (χ4n) is 1.92. The SMILES string of the molecule is CCCNC(=O)CN(C)C(=O)CSc1nn(-c2ccc(F)cc2)c(=S)s1. The summed E-state index contributed by atoms with van der Waals surface area (Å²) in [5, 5.41) is 7.10. The molecule has 0 aliphatic carbocycles. The number of likely N-dealkylation sites (N-methyl/N-ethyl adjacent to an activating group) is 1. The summed E-state index contributed by atoms with van der Waals surface area (Å²) >= 11 is 7.82. The van der Waals surface area contributed by atoms with Gasteiger partial charge < -0.3 is 10.2 Å². The Morgan fingerprint density at radius 2 is 2.08 bits per heavy atom. The maximum absolute atomic E-state index is 13.0. The molecule has 26 heavy (non-hydrogen) atoms. The van der Waals surface area contributed by atoms with Crippen molar-refractivity contribution in [3.05, 3.63) is 34.0 Å². The summed E-state index contributed by atoms with van der Waals surface area (Å²) in [6.45, 7) is 2.59. The molecule has 0 aliphatic heterocycles. The lowest BCUT2D eigenvalue weighted by Crippen LogP contribution is -2.39. The lowest BCUT2D eigenvalue weighted by Gasteiger charge is -2.16. The molecule has 1 aromatic carbocycles. The molecular weight excluding hydrogens is 395 g/mol. The van der Waals surface area contributed by atoms with Crippen LogP contribution in [-0.4, -0.2) is 52.4 Å². The molecular formula is C16H19FN4O2S3. The second-order valence-corrected chi connectivity index (χ2v) is 8.26. The van der Waals surface area contributed by atoms with E-state index in [1.54, 1.807) is 19.2 Å². The van der Waals surface area contributed by atoms with Crippen LogP contribution in [0.15, 0.2) is 28.6 Å². The Kier molecular flexibility index (Phi) is 7.73. The van der Waals surface area contributed by atoms with Crippen LogP contribution in [0.4, 0.5) is 4.39 Å². The standard InChI is InChI=1S/C16H19FN4O2S3/c1-3-8-18-13(22)9-20(2)14(23)10-25-15-19-21(16(24)26-15)12-6-4-11(17)5-7-12/h4-7H,3,8-10H2,1-2H3,(H,18,22). The van der Waals surface area contributed by atoms with E-state index >= 15 is 0 Å². The zero-order valence-electron chi connectivity index (χ0n) is 14.4. The molecule has 1 aromatic heterocycles. The molecule has 0 spiro atoms. The van der Waals surface area contributed by atoms with E-state index in [9.17, 15) is 14.0 Å². The third kappa shape index (κ3) is 5.89. The second kappa shape index (κ2) is 9.79. The van der Waals surface area contributed by atoms with Gasteiger partial charge in [0.1, 0.15) is 5.82 Å². The lowest BCUT2D eigenvalue weighted by atomic mass is 10.3. The van der Waals surface area contributed by atoms with Gasteiger partial charge in [-0.05, 0) is 42.9 Å². The van der Waals surface area contributed by atoms with Gasteiger partial charge in [-0.3, -0.25) is 9.59 Å². The van der Waals surface area contributed by atoms with Gasteiger partial charge in [-0.15, -0.1) is 5.10 Å². The number of benzene rings is 1. The van der Waals surface area contributed by atoms with Crippen LogP contribution in [0.1, 0.15) is 13.3 Å². The first-order chi connectivity index (χ1) is 12.4. The first-order valence-electron chi connectivity index (χ1n) is 7.90. The van der Waals surface area contributed by atoms with E-state index in [-0.39, 0.29) is 29.9 Å². The number of rotatable bonds is 8. The number of carbonyl (C=O) groups excluding carboxylic acids is 2. The van der Waals surface area contributed by atoms with E-state index in [0.29, 0.717) is 20.5 Å². The molecule has 2 aromatic rings. The van der Waals surface area contributed by atoms with Crippen molar-refractivity contribution in [2.24, 2.45) is 0 Å². The number of carbonyl (C=O) groups is 2. The van der Waals surface area contributed by atoms with Gasteiger partial charge in [-0.1, -0.05) is 30.0 Å². The highest BCUT2D eigenvalue weighted by molar-refractivity contribution is 8.01. The van der Waals surface area contributed by atoms with Crippen LogP contribution in [0, 0.1) is 9.77 Å². The first-order valence-corrected chi connectivity index (χ1v) is 10.1. The number of nitrogens with one attached hydrogen (secondary N) is 1. The average molecular weight is 415 g/mol. The highest BCUT2D eigenvalue weighted by Crippen LogP contribution is 2.24. The zero-order valence-corrected chi connectivity index (χ0v) is 16.8. The number of nitrogens with zero attached hydrogens (tertiary/aromatic N) is 3. The van der Waals surface area contributed by atoms with Crippen LogP contribution in [0.3, 0.4) is 0 Å². The topological polar surface area (TPSA) is 67.2 Å². The van der Waals surface area contributed by atoms with E-state index in [1.807, 2.05) is 6.92 Å². The normalized spacial score (nSPS) is 10.6. The van der Waals surface area contributed by atoms with E-state index < -0.39 is 0 Å². The van der Waals surface area contributed by atoms with Crippen molar-refractivity contribution in [3.63, 3.8) is 0 Å². The Balaban J connectivity index is 1.92. The maximum atomic E-state index is 13.0. The molecule has 0 radical (unpaired) electrons. The number of hydrogen-bond acceptors (Lipinski definition) is 6. The fraction of sp³-hybridized carbons (Fsp3) is 0.375. The van der Waals surface area contributed by atoms with Crippen molar-refractivity contribution >= 4 is 47.1 Å². The van der Waals surface area contributed by atoms with Crippen LogP contribution in [0.25, 0.3) is 5.69 Å². The lowest BCUT2D eigenvalue weighted by molar-refractivity contribution is -0.132. The summed E-state index contributed by atoms with van der Waals surface area (Å²) in [6, 6.07) is 5.86. The summed E-state index contributed by atoms with van der Waals surface area (Å²) in [5.41, 5.74) is 0.663. The number of halogens is 1. The van der Waals surface area contributed by atoms with Crippen molar-refractivity contribution in [1.29, 1.82) is 0 Å². The van der Waals surface area contributed by atoms with E-state index in [2.05, 4.69) is 10.4 Å². The molecule has 6 nitrogen and oxygen atoms in total. The molecule has 10 heteroatoms. The third-order valence-corrected chi connectivity index (χ3v) is 5.65. The molecule has 0 bridgehead atoms. The molecule has 0 fully saturated rings. The molecule has 0 saturated heterocycles. The van der Waals surface area contributed by atoms with Crippen molar-refractivity contribution < 1.29 is 14.0 Å². The predicted octanol–water partition coefficient (Wildman–Crippen LogP) is 2.88. The third-order valence-electron chi connectivity index (χ3n) is 3.30. The van der Waals surface area contributed by atoms with Gasteiger partial charge in [-0.2, -0.15) is 0 Å². The summed E-state index contributed by atoms with van der Waals surface area (Å²) in [6.07, 6.45) is 0.848. The largest absolute Gasteiger partial charge is 0.355 e. The van der Waals surface area contributed by atoms with Crippen LogP contribution in [0.2, 0.25) is 0 Å². The van der Waals surface area contributed by atoms with Crippen LogP contribution < -0.4 is 5.32 Å². The van der Waals surface area contributed by atoms with Crippen molar-refractivity contribution in [2.45, 2.75) is 17.7 Å². The number of hydrogen-bond donors (Lipinski definition) is 1. The highest BCUT2D eigenvalue weighted by Gasteiger charge is 2.15. The Morgan fingerprint density at radius 1 is 1.38 bits per heavy atom. The molecule has 2 amide bonds. The summed E-state index contributed by atoms with van der Waals surface area (Å²) in [5.74, 6) is -0.523. The summed E-state index contributed by atoms with van der Waals surface area (Å²) in [4.78, 5) is 25.2. The molecule has 1 heterocycles. The average Bonchev–Trinajstić information content (AvgIpc) is 2.99. The highest BCUT2D eigenvalue weighted by atomic mass is 32.2. The predicted molar refractivity (Wildman–Crippen MR) is 104 cm³/mol. The van der Waals surface area contributed by atoms with Crippen LogP contribution in [-0.2, 0) is 9.59 Å². The van der Waals surface area contributed by atoms with Gasteiger partial charge in [0.15, 0.2) is 8.29 Å². The smallest absolute Gasteiger partial charge is 0.239 e. The maximum Gasteiger partial charge on any atom is 0.239 e. The fourth-order valence-corrected chi connectivity index (χ4v) is 4.22. The van der Waals surface area contributed by atoms with Crippen molar-refractivity contribution in [3.8, 4) is 5.69 Å². The molecule has 0 saturated carbocycles. The van der Waals surface area contributed by atoms with E-state index in [4.69, 9.17) is 12.2 Å². The molecule has 0 unspecified atom stereocenters. The van der Waals surface area contributed by atoms with Crippen molar-refractivity contribution in [1.82, 2.24) is 20.0 Å². The summed E-state index contributed by atoms with van der Waals surface area (Å²) < 4.78 is 15.7. The Bertz CT molecular complexity index is 820. The molecule has 2 rings (SSSR count). The molecule has 0 aliphatic rings. The number of amides is 2. The van der Waals surface area contributed by atoms with Gasteiger partial charge in [-0.25, -0.2) is 9.07 Å². The second-order valence-electron chi connectivity index (χ2n) is 5.41. The zero-order chi connectivity index (χ0) is 19.1. The minimum Gasteiger partial charge on any atom is -0.355 e. The molecule has 0 atom stereocenters. The number of thioether (sulfide) groups is 1. The van der Waals surface area contributed by atoms with Gasteiger partial charge in [0, 0.05) is 13.6 Å². The Labute approximate surface area is 164 Å². The van der Waals surface area contributed by atoms with E-state index in [1.165, 1.54) is 44.8 Å². The minimum absolute atomic E-state index is 0.0269. The van der Waals surface area contributed by atoms with Crippen LogP contribution in [0.5, 0.6) is 0 Å². The molecule has 1 N–H and O–H groups in total. The number of aromatic nitrogens is 2. The Morgan fingerprint density at radius 3 is 2.73 bits per heavy atom. The minimum atomic E-state index is -0.332. The summed E-state index contributed by atoms with van der Waals surface area (Å²) in [7, 11) is 1.59. The van der Waals surface area contributed by atoms with Crippen molar-refractivity contribution in [2.75, 3.05) is 25.9 Å². The first kappa shape index (κ1) is 20.5. The molecule has 140 valence electrons. The van der Waals surface area contributed by atoms with Crippen LogP contribution >= 0.6 is 35.3 Å². The van der Waals surface area contributed by atoms with Gasteiger partial charge in [0.25, 0.3) is 0 Å². The quantitative estimate of drug-likeness (QED) is 0.531. The van der Waals surface area contributed by atoms with E-state index in [0.717, 1.165) is 6.42 Å². The Hall–Kier alpha value is -1.78. The monoisotopic (exact) mass is 414 g/mol. The van der Waals surface area contributed by atoms with Gasteiger partial charge >= 0.3 is 0 Å². The van der Waals surface area contributed by atoms with Gasteiger partial charge in [0.05, 0.1) is 18.0 Å².